The number of carboxylic acid groups (broad SMARTS) is 1. The number of carbonyl (C=O) groups is 11. The number of nitrogens with zero attached hydrogens (tertiary/aromatic N) is 2. The highest BCUT2D eigenvalue weighted by molar-refractivity contribution is 8.76. The standard InChI is InChI=1S/C46H64N14O13S2/c47-27-22-74-75-23-33(45(73)60-17-5-9-34(60)44(72)55-28(8-4-16-52-46(50)51)39(67)53-21-37(64)65)59-43(71)32(20-36(49)63)58-40(68)29(14-15-35(48)62)54-41(69)31(18-24-6-2-1-3-7-24)57-42(70)30(56-38(27)66)19-25-10-12-26(61)13-11-25/h1-3,6-7,10-13,27-34,61H,4-5,8-9,14-23,47H2,(H2,48,62)(H2,49,63)(H,53,67)(H,54,69)(H,55,72)(H,56,66)(H,57,70)(H,58,68)(H,59,71)(H,64,65)(H4,50,51,52)/t27-,28-,29-,30-,31+,32-,33-,34?/m0/s1. The van der Waals surface area contributed by atoms with Crippen molar-refractivity contribution in [3.05, 3.63) is 65.7 Å². The molecule has 0 aromatic heterocycles. The first-order valence-corrected chi connectivity index (χ1v) is 26.2. The van der Waals surface area contributed by atoms with Crippen molar-refractivity contribution >= 4 is 92.6 Å². The summed E-state index contributed by atoms with van der Waals surface area (Å²) in [5, 5.41) is 36.6. The number of hydrogen-bond donors (Lipinski definition) is 14. The van der Waals surface area contributed by atoms with E-state index >= 15 is 0 Å². The molecule has 10 amide bonds. The molecule has 2 fully saturated rings. The van der Waals surface area contributed by atoms with E-state index in [9.17, 15) is 57.8 Å². The van der Waals surface area contributed by atoms with Gasteiger partial charge in [0.2, 0.25) is 59.1 Å². The number of guanidine groups is 1. The lowest BCUT2D eigenvalue weighted by Gasteiger charge is -2.31. The Bertz CT molecular complexity index is 2420. The van der Waals surface area contributed by atoms with Crippen molar-refractivity contribution in [1.29, 1.82) is 0 Å². The lowest BCUT2D eigenvalue weighted by Crippen LogP contribution is -2.61. The van der Waals surface area contributed by atoms with Gasteiger partial charge in [0, 0.05) is 43.9 Å². The van der Waals surface area contributed by atoms with Crippen LogP contribution >= 0.6 is 21.6 Å². The molecule has 2 aliphatic heterocycles. The number of phenols is 1. The Hall–Kier alpha value is -7.66. The molecule has 19 N–H and O–H groups in total. The molecule has 2 aromatic carbocycles. The van der Waals surface area contributed by atoms with Crippen LogP contribution in [0.25, 0.3) is 0 Å². The maximum absolute atomic E-state index is 14.6. The number of nitrogens with one attached hydrogen (secondary N) is 7. The van der Waals surface area contributed by atoms with E-state index in [4.69, 9.17) is 33.8 Å². The maximum Gasteiger partial charge on any atom is 0.322 e. The minimum absolute atomic E-state index is 0.0145. The molecule has 2 heterocycles. The first kappa shape index (κ1) is 59.9. The number of aliphatic carboxylic acids is 1. The van der Waals surface area contributed by atoms with E-state index in [0.717, 1.165) is 26.5 Å². The molecule has 0 bridgehead atoms. The van der Waals surface area contributed by atoms with Crippen LogP contribution in [0, 0.1) is 0 Å². The molecule has 0 aliphatic carbocycles. The lowest BCUT2D eigenvalue weighted by molar-refractivity contribution is -0.142. The molecule has 8 atom stereocenters. The first-order valence-electron chi connectivity index (χ1n) is 23.7. The van der Waals surface area contributed by atoms with Gasteiger partial charge in [0.15, 0.2) is 5.96 Å². The van der Waals surface area contributed by atoms with Crippen molar-refractivity contribution in [3.8, 4) is 5.75 Å². The molecule has 408 valence electrons. The summed E-state index contributed by atoms with van der Waals surface area (Å²) >= 11 is 0. The van der Waals surface area contributed by atoms with E-state index in [1.54, 1.807) is 30.3 Å². The van der Waals surface area contributed by atoms with E-state index in [1.165, 1.54) is 24.3 Å². The summed E-state index contributed by atoms with van der Waals surface area (Å²) < 4.78 is 0. The van der Waals surface area contributed by atoms with Gasteiger partial charge in [-0.15, -0.1) is 0 Å². The average molecular weight is 1090 g/mol. The number of hydrogen-bond acceptors (Lipinski definition) is 16. The Kier molecular flexibility index (Phi) is 23.9. The Labute approximate surface area is 438 Å². The largest absolute Gasteiger partial charge is 0.508 e. The summed E-state index contributed by atoms with van der Waals surface area (Å²) in [5.74, 6) is -11.2. The number of carbonyl (C=O) groups excluding carboxylic acids is 10. The van der Waals surface area contributed by atoms with Crippen molar-refractivity contribution in [2.75, 3.05) is 31.1 Å². The van der Waals surface area contributed by atoms with Gasteiger partial charge in [0.05, 0.1) is 12.5 Å². The molecule has 4 rings (SSSR count). The van der Waals surface area contributed by atoms with E-state index in [0.29, 0.717) is 11.1 Å². The molecule has 75 heavy (non-hydrogen) atoms. The normalized spacial score (nSPS) is 22.6. The highest BCUT2D eigenvalue weighted by Gasteiger charge is 2.40. The van der Waals surface area contributed by atoms with Crippen LogP contribution in [-0.4, -0.2) is 166 Å². The number of likely N-dealkylation sites (tertiary alicyclic amines) is 1. The zero-order valence-corrected chi connectivity index (χ0v) is 42.3. The number of carboxylic acids is 1. The molecule has 2 saturated heterocycles. The van der Waals surface area contributed by atoms with Crippen molar-refractivity contribution in [1.82, 2.24) is 42.1 Å². The van der Waals surface area contributed by atoms with E-state index in [-0.39, 0.29) is 74.8 Å². The van der Waals surface area contributed by atoms with Crippen LogP contribution in [0.1, 0.15) is 56.1 Å². The predicted octanol–water partition coefficient (Wildman–Crippen LogP) is -4.81. The third kappa shape index (κ3) is 20.3. The molecule has 0 spiro atoms. The second kappa shape index (κ2) is 29.9. The topological polar surface area (TPSA) is 458 Å². The summed E-state index contributed by atoms with van der Waals surface area (Å²) in [6.07, 6.45) is -1.52. The van der Waals surface area contributed by atoms with Gasteiger partial charge in [-0.05, 0) is 55.4 Å². The van der Waals surface area contributed by atoms with Crippen LogP contribution in [0.15, 0.2) is 59.6 Å². The Balaban J connectivity index is 1.71. The van der Waals surface area contributed by atoms with Gasteiger partial charge >= 0.3 is 5.97 Å². The summed E-state index contributed by atoms with van der Waals surface area (Å²) in [6.45, 7) is -0.706. The van der Waals surface area contributed by atoms with Crippen LogP contribution in [0.3, 0.4) is 0 Å². The zero-order valence-electron chi connectivity index (χ0n) is 40.7. The molecule has 2 aliphatic rings. The van der Waals surface area contributed by atoms with Crippen molar-refractivity contribution in [2.45, 2.75) is 106 Å². The number of primary amides is 2. The molecular weight excluding hydrogens is 1020 g/mol. The highest BCUT2D eigenvalue weighted by Crippen LogP contribution is 2.26. The van der Waals surface area contributed by atoms with E-state index < -0.39 is 139 Å². The lowest BCUT2D eigenvalue weighted by atomic mass is 10.0. The van der Waals surface area contributed by atoms with E-state index in [2.05, 4.69) is 42.2 Å². The Morgan fingerprint density at radius 1 is 0.733 bits per heavy atom. The Morgan fingerprint density at radius 3 is 1.92 bits per heavy atom. The summed E-state index contributed by atoms with van der Waals surface area (Å²) in [7, 11) is 1.98. The zero-order chi connectivity index (χ0) is 55.2. The number of nitrogens with two attached hydrogens (primary N) is 5. The SMILES string of the molecule is NC(=O)CC[C@@H]1NC(=O)[C@@H](Cc2ccccc2)NC(=O)[C@H](Cc2ccc(O)cc2)NC(=O)[C@@H](N)CSSC[C@@H](C(=O)N2CCCC2C(=O)N[C@@H](CCCN=C(N)N)C(=O)NCC(=O)O)NC(=O)[C@H](CC(N)=O)NC1=O. The molecule has 0 radical (unpaired) electrons. The second-order valence-electron chi connectivity index (χ2n) is 17.5. The molecular formula is C46H64N14O13S2. The second-order valence-corrected chi connectivity index (χ2v) is 20.1. The number of benzene rings is 2. The number of aromatic hydroxyl groups is 1. The number of aliphatic imine (C=N–C) groups is 1. The highest BCUT2D eigenvalue weighted by atomic mass is 33.1. The first-order chi connectivity index (χ1) is 35.6. The third-order valence-electron chi connectivity index (χ3n) is 11.6. The summed E-state index contributed by atoms with van der Waals surface area (Å²) in [4.78, 5) is 153. The van der Waals surface area contributed by atoms with Gasteiger partial charge in [-0.3, -0.25) is 57.7 Å². The fourth-order valence-electron chi connectivity index (χ4n) is 7.79. The smallest absolute Gasteiger partial charge is 0.322 e. The molecule has 1 unspecified atom stereocenters. The van der Waals surface area contributed by atoms with Crippen molar-refractivity contribution in [3.63, 3.8) is 0 Å². The van der Waals surface area contributed by atoms with Crippen molar-refractivity contribution in [2.24, 2.45) is 33.7 Å². The van der Waals surface area contributed by atoms with Gasteiger partial charge in [-0.2, -0.15) is 0 Å². The molecule has 0 saturated carbocycles. The monoisotopic (exact) mass is 1080 g/mol. The fourth-order valence-corrected chi connectivity index (χ4v) is 10.1. The summed E-state index contributed by atoms with van der Waals surface area (Å²) in [5.41, 5.74) is 29.2. The number of rotatable bonds is 19. The molecule has 29 heteroatoms. The van der Waals surface area contributed by atoms with Gasteiger partial charge in [-0.25, -0.2) is 0 Å². The number of amides is 10. The van der Waals surface area contributed by atoms with Gasteiger partial charge in [0.1, 0.15) is 54.6 Å². The van der Waals surface area contributed by atoms with Crippen LogP contribution in [-0.2, 0) is 65.6 Å². The maximum atomic E-state index is 14.6. The van der Waals surface area contributed by atoms with Gasteiger partial charge in [-0.1, -0.05) is 64.1 Å². The quantitative estimate of drug-likeness (QED) is 0.0272. The third-order valence-corrected chi connectivity index (χ3v) is 14.1. The predicted molar refractivity (Wildman–Crippen MR) is 274 cm³/mol. The van der Waals surface area contributed by atoms with Crippen LogP contribution in [0.2, 0.25) is 0 Å². The van der Waals surface area contributed by atoms with E-state index in [1.807, 2.05) is 0 Å². The minimum Gasteiger partial charge on any atom is -0.508 e. The fraction of sp³-hybridized carbons (Fsp3) is 0.478. The van der Waals surface area contributed by atoms with Gasteiger partial charge in [0.25, 0.3) is 0 Å². The molecule has 27 nitrogen and oxygen atoms in total. The van der Waals surface area contributed by atoms with Crippen molar-refractivity contribution < 1.29 is 63.0 Å². The Morgan fingerprint density at radius 2 is 1.31 bits per heavy atom. The van der Waals surface area contributed by atoms with Crippen LogP contribution in [0.4, 0.5) is 0 Å². The van der Waals surface area contributed by atoms with Crippen LogP contribution in [0.5, 0.6) is 5.75 Å². The summed E-state index contributed by atoms with van der Waals surface area (Å²) in [6, 6.07) is 2.64. The average Bonchev–Trinajstić information content (AvgIpc) is 3.86. The minimum atomic E-state index is -1.80. The molecule has 2 aromatic rings. The number of phenolic OH excluding ortho intramolecular Hbond substituents is 1. The van der Waals surface area contributed by atoms with Crippen LogP contribution < -0.4 is 65.9 Å². The van der Waals surface area contributed by atoms with Gasteiger partial charge < -0.3 is 81.0 Å².